The van der Waals surface area contributed by atoms with E-state index in [1.165, 1.54) is 211 Å². The first-order valence-electron chi connectivity index (χ1n) is 43.6. The number of hydrogen-bond acceptors (Lipinski definition) is 2. The van der Waals surface area contributed by atoms with Gasteiger partial charge in [0, 0.05) is 24.8 Å². The maximum absolute atomic E-state index is 4.08. The molecule has 4 fully saturated rings. The van der Waals surface area contributed by atoms with Gasteiger partial charge in [-0.3, -0.25) is 9.97 Å². The van der Waals surface area contributed by atoms with E-state index >= 15 is 0 Å². The highest BCUT2D eigenvalue weighted by atomic mass is 14.6. The Morgan fingerprint density at radius 1 is 0.325 bits per heavy atom. The lowest BCUT2D eigenvalue weighted by molar-refractivity contribution is 0.223. The Bertz CT molecular complexity index is 4410. The minimum absolute atomic E-state index is 0.616. The summed E-state index contributed by atoms with van der Waals surface area (Å²) in [4.78, 5) is 8.07. The van der Waals surface area contributed by atoms with Crippen LogP contribution in [0.2, 0.25) is 0 Å². The molecule has 4 aliphatic rings. The number of rotatable bonds is 14. The molecule has 16 rings (SSSR count). The fraction of sp³-hybridized carbons (Fsp3) is 0.357. The van der Waals surface area contributed by atoms with Crippen LogP contribution < -0.4 is 0 Å². The van der Waals surface area contributed by atoms with Crippen molar-refractivity contribution in [2.45, 2.75) is 229 Å². The second kappa shape index (κ2) is 49.8. The number of hydrogen-bond donors (Lipinski definition) is 0. The Morgan fingerprint density at radius 2 is 0.772 bits per heavy atom. The summed E-state index contributed by atoms with van der Waals surface area (Å²) in [6.07, 6.45) is 38.4. The Morgan fingerprint density at radius 3 is 1.27 bits per heavy atom. The van der Waals surface area contributed by atoms with Crippen molar-refractivity contribution in [1.29, 1.82) is 0 Å². The zero-order valence-electron chi connectivity index (χ0n) is 71.5. The van der Waals surface area contributed by atoms with E-state index < -0.39 is 0 Å². The highest BCUT2D eigenvalue weighted by molar-refractivity contribution is 5.63. The smallest absolute Gasteiger partial charge is 0.0346 e. The molecule has 114 heavy (non-hydrogen) atoms. The van der Waals surface area contributed by atoms with Gasteiger partial charge in [0.05, 0.1) is 0 Å². The van der Waals surface area contributed by atoms with E-state index in [2.05, 4.69) is 365 Å². The SMILES string of the molecule is CC(C)C1CCC(=Cc2ccccc2)CC1.CC(C)C1CCC(Cc2ccccc2)CC1.CC(C)c1ccc(Cc2ccccc2)cc1.Cc1ccc(-c2cccnc2)cc1.Cc1ccc(-c2ccncc2)cc1.Cc1ccc(C2CCCCC2)cc1.Cc1cccc(Cc2ccccc2)c1.Cc1ccccc1C1CCCCC1. The first kappa shape index (κ1) is 88.2. The summed E-state index contributed by atoms with van der Waals surface area (Å²) in [5, 5.41) is 0. The van der Waals surface area contributed by atoms with Crippen LogP contribution in [0.1, 0.15) is 253 Å². The van der Waals surface area contributed by atoms with Gasteiger partial charge in [-0.1, -0.05) is 387 Å². The number of pyridine rings is 2. The minimum Gasteiger partial charge on any atom is -0.265 e. The average molecular weight is 1510 g/mol. The van der Waals surface area contributed by atoms with E-state index in [0.29, 0.717) is 5.92 Å². The third-order valence-corrected chi connectivity index (χ3v) is 23.7. The summed E-state index contributed by atoms with van der Waals surface area (Å²) < 4.78 is 0. The van der Waals surface area contributed by atoms with E-state index in [9.17, 15) is 0 Å². The van der Waals surface area contributed by atoms with Gasteiger partial charge in [-0.25, -0.2) is 0 Å². The van der Waals surface area contributed by atoms with Gasteiger partial charge >= 0.3 is 0 Å². The fourth-order valence-corrected chi connectivity index (χ4v) is 16.4. The summed E-state index contributed by atoms with van der Waals surface area (Å²) in [5.74, 6) is 6.96. The molecule has 2 aromatic heterocycles. The Labute approximate surface area is 691 Å². The number of aromatic nitrogens is 2. The van der Waals surface area contributed by atoms with Gasteiger partial charge in [0.1, 0.15) is 0 Å². The van der Waals surface area contributed by atoms with Crippen LogP contribution in [-0.4, -0.2) is 9.97 Å². The molecule has 4 saturated carbocycles. The Kier molecular flexibility index (Phi) is 38.5. The van der Waals surface area contributed by atoms with Gasteiger partial charge in [-0.05, 0) is 274 Å². The molecule has 0 unspecified atom stereocenters. The van der Waals surface area contributed by atoms with E-state index in [-0.39, 0.29) is 0 Å². The first-order chi connectivity index (χ1) is 55.6. The van der Waals surface area contributed by atoms with Gasteiger partial charge in [-0.2, -0.15) is 0 Å². The molecule has 0 atom stereocenters. The third kappa shape index (κ3) is 32.6. The van der Waals surface area contributed by atoms with Crippen LogP contribution in [0.15, 0.2) is 322 Å². The molecule has 0 amide bonds. The van der Waals surface area contributed by atoms with Crippen molar-refractivity contribution in [2.24, 2.45) is 29.6 Å². The van der Waals surface area contributed by atoms with Crippen molar-refractivity contribution in [2.75, 3.05) is 0 Å². The lowest BCUT2D eigenvalue weighted by Gasteiger charge is -2.30. The fourth-order valence-electron chi connectivity index (χ4n) is 16.4. The summed E-state index contributed by atoms with van der Waals surface area (Å²) in [6.45, 7) is 24.6. The van der Waals surface area contributed by atoms with Crippen LogP contribution in [0.25, 0.3) is 28.3 Å². The van der Waals surface area contributed by atoms with Crippen molar-refractivity contribution in [3.05, 3.63) is 399 Å². The van der Waals surface area contributed by atoms with Gasteiger partial charge in [0.15, 0.2) is 0 Å². The topological polar surface area (TPSA) is 25.8 Å². The van der Waals surface area contributed by atoms with E-state index in [0.717, 1.165) is 54.3 Å². The van der Waals surface area contributed by atoms with Gasteiger partial charge in [-0.15, -0.1) is 0 Å². The van der Waals surface area contributed by atoms with Crippen molar-refractivity contribution in [1.82, 2.24) is 9.97 Å². The maximum Gasteiger partial charge on any atom is 0.0346 e. The Hall–Kier alpha value is -9.76. The second-order valence-corrected chi connectivity index (χ2v) is 33.9. The van der Waals surface area contributed by atoms with Crippen molar-refractivity contribution >= 4 is 6.08 Å². The number of aryl methyl sites for hydroxylation is 5. The monoisotopic (exact) mass is 1510 g/mol. The molecule has 0 spiro atoms. The minimum atomic E-state index is 0.616. The molecule has 594 valence electrons. The normalized spacial score (nSPS) is 15.9. The standard InChI is InChI=1S/C16H24.C16H22.C16H18.C14H14.2C13H18.2C12H11N/c3*1-13(2)16-10-8-15(9-11-16)12-14-6-4-3-5-7-14;1-12-6-5-9-14(10-12)11-13-7-3-2-4-8-13;1-11-7-5-6-10-13(11)12-8-3-2-4-9-12;1-11-7-9-13(10-8-11)12-5-3-2-4-6-12;1-10-2-4-11(5-3-10)12-6-8-13-9-7-12;1-10-4-6-11(7-5-10)12-3-2-8-13-9-12/h3-7,13,15-16H,8-12H2,1-2H3;3-7,12-13,16H,8-11H2,1-2H3;3-11,13H,12H2,1-2H3;2-10H,11H2,1H3;5-7,10,12H,2-4,8-9H2,1H3;7-10,12H,2-6H2,1H3;2*2-9H,1H3. The van der Waals surface area contributed by atoms with Crippen molar-refractivity contribution < 1.29 is 0 Å². The number of nitrogens with zero attached hydrogens (tertiary/aromatic N) is 2. The zero-order chi connectivity index (χ0) is 80.3. The van der Waals surface area contributed by atoms with Crippen LogP contribution in [-0.2, 0) is 19.3 Å². The molecule has 0 N–H and O–H groups in total. The Balaban J connectivity index is 0.000000149. The van der Waals surface area contributed by atoms with Crippen LogP contribution in [0, 0.1) is 64.2 Å². The summed E-state index contributed by atoms with van der Waals surface area (Å²) in [5.41, 5.74) is 26.2. The van der Waals surface area contributed by atoms with E-state index in [4.69, 9.17) is 0 Å². The largest absolute Gasteiger partial charge is 0.265 e. The van der Waals surface area contributed by atoms with Crippen molar-refractivity contribution in [3.8, 4) is 22.3 Å². The molecular weight excluding hydrogens is 1370 g/mol. The van der Waals surface area contributed by atoms with Gasteiger partial charge < -0.3 is 0 Å². The van der Waals surface area contributed by atoms with Crippen LogP contribution >= 0.6 is 0 Å². The highest BCUT2D eigenvalue weighted by Crippen LogP contribution is 2.38. The lowest BCUT2D eigenvalue weighted by Crippen LogP contribution is -2.19. The lowest BCUT2D eigenvalue weighted by atomic mass is 9.75. The molecular formula is C112H136N2. The molecule has 12 aromatic rings. The van der Waals surface area contributed by atoms with Crippen molar-refractivity contribution in [3.63, 3.8) is 0 Å². The average Bonchev–Trinajstić information content (AvgIpc) is 0.850. The molecule has 2 nitrogen and oxygen atoms in total. The molecule has 10 aromatic carbocycles. The first-order valence-corrected chi connectivity index (χ1v) is 43.6. The van der Waals surface area contributed by atoms with Crippen LogP contribution in [0.5, 0.6) is 0 Å². The number of allylic oxidation sites excluding steroid dienone is 1. The molecule has 2 heterocycles. The number of benzene rings is 10. The zero-order valence-corrected chi connectivity index (χ0v) is 71.5. The predicted octanol–water partition coefficient (Wildman–Crippen LogP) is 31.8. The summed E-state index contributed by atoms with van der Waals surface area (Å²) in [6, 6.07) is 103. The van der Waals surface area contributed by atoms with Crippen LogP contribution in [0.3, 0.4) is 0 Å². The molecule has 0 bridgehead atoms. The predicted molar refractivity (Wildman–Crippen MR) is 495 cm³/mol. The maximum atomic E-state index is 4.08. The molecule has 0 radical (unpaired) electrons. The molecule has 2 heteroatoms. The summed E-state index contributed by atoms with van der Waals surface area (Å²) >= 11 is 0. The van der Waals surface area contributed by atoms with E-state index in [1.54, 1.807) is 22.9 Å². The van der Waals surface area contributed by atoms with Gasteiger partial charge in [0.25, 0.3) is 0 Å². The van der Waals surface area contributed by atoms with Gasteiger partial charge in [0.2, 0.25) is 0 Å². The quantitative estimate of drug-likeness (QED) is 0.108. The van der Waals surface area contributed by atoms with Crippen LogP contribution in [0.4, 0.5) is 0 Å². The highest BCUT2D eigenvalue weighted by Gasteiger charge is 2.24. The molecule has 4 aliphatic carbocycles. The van der Waals surface area contributed by atoms with E-state index in [1.807, 2.05) is 36.8 Å². The second-order valence-electron chi connectivity index (χ2n) is 33.9. The third-order valence-electron chi connectivity index (χ3n) is 23.7. The summed E-state index contributed by atoms with van der Waals surface area (Å²) in [7, 11) is 0. The molecule has 0 saturated heterocycles. The molecule has 0 aliphatic heterocycles.